The number of ether oxygens (including phenoxy) is 2. The molecule has 0 fully saturated rings. The molecular weight excluding hydrogens is 351 g/mol. The van der Waals surface area contributed by atoms with Crippen LogP contribution in [0.15, 0.2) is 48.5 Å². The third-order valence-corrected chi connectivity index (χ3v) is 3.41. The number of benzene rings is 2. The Labute approximate surface area is 147 Å². The minimum absolute atomic E-state index is 0.0438. The normalized spacial score (nSPS) is 10.9. The van der Waals surface area contributed by atoms with E-state index in [-0.39, 0.29) is 17.9 Å². The number of amides is 1. The van der Waals surface area contributed by atoms with Crippen LogP contribution >= 0.6 is 0 Å². The van der Waals surface area contributed by atoms with Gasteiger partial charge in [0.15, 0.2) is 0 Å². The minimum Gasteiger partial charge on any atom is -0.488 e. The maximum Gasteiger partial charge on any atom is 0.419 e. The lowest BCUT2D eigenvalue weighted by Gasteiger charge is -2.15. The van der Waals surface area contributed by atoms with Gasteiger partial charge in [-0.25, -0.2) is 0 Å². The Morgan fingerprint density at radius 3 is 2.38 bits per heavy atom. The van der Waals surface area contributed by atoms with Crippen molar-refractivity contribution in [3.05, 3.63) is 65.2 Å². The van der Waals surface area contributed by atoms with Crippen LogP contribution in [0.3, 0.4) is 0 Å². The second-order valence-corrected chi connectivity index (χ2v) is 5.24. The topological polar surface area (TPSA) is 64.6 Å². The number of rotatable bonds is 6. The lowest BCUT2D eigenvalue weighted by molar-refractivity contribution is -0.140. The van der Waals surface area contributed by atoms with Crippen LogP contribution in [-0.4, -0.2) is 25.5 Å². The molecule has 0 unspecified atom stereocenters. The molecule has 26 heavy (non-hydrogen) atoms. The fourth-order valence-corrected chi connectivity index (χ4v) is 2.08. The lowest BCUT2D eigenvalue weighted by atomic mass is 10.1. The predicted molar refractivity (Wildman–Crippen MR) is 86.6 cm³/mol. The van der Waals surface area contributed by atoms with Gasteiger partial charge in [-0.3, -0.25) is 9.59 Å². The number of nitrogens with one attached hydrogen (secondary N) is 1. The van der Waals surface area contributed by atoms with Gasteiger partial charge in [0, 0.05) is 5.56 Å². The van der Waals surface area contributed by atoms with E-state index in [1.165, 1.54) is 6.07 Å². The zero-order chi connectivity index (χ0) is 19.2. The molecule has 0 saturated heterocycles. The first-order valence-electron chi connectivity index (χ1n) is 7.54. The van der Waals surface area contributed by atoms with E-state index in [1.54, 1.807) is 30.3 Å². The van der Waals surface area contributed by atoms with Gasteiger partial charge in [-0.15, -0.1) is 0 Å². The van der Waals surface area contributed by atoms with Gasteiger partial charge in [0.2, 0.25) is 0 Å². The van der Waals surface area contributed by atoms with Crippen LogP contribution in [0.5, 0.6) is 5.75 Å². The second-order valence-electron chi connectivity index (χ2n) is 5.24. The lowest BCUT2D eigenvalue weighted by Crippen LogP contribution is -2.30. The molecule has 1 amide bonds. The Morgan fingerprint density at radius 2 is 1.77 bits per heavy atom. The summed E-state index contributed by atoms with van der Waals surface area (Å²) in [6.07, 6.45) is -4.70. The molecule has 5 nitrogen and oxygen atoms in total. The third-order valence-electron chi connectivity index (χ3n) is 3.41. The van der Waals surface area contributed by atoms with Gasteiger partial charge in [0.25, 0.3) is 5.91 Å². The molecule has 0 aromatic heterocycles. The maximum atomic E-state index is 13.3. The zero-order valence-electron chi connectivity index (χ0n) is 13.8. The highest BCUT2D eigenvalue weighted by atomic mass is 19.4. The summed E-state index contributed by atoms with van der Waals surface area (Å²) >= 11 is 0. The van der Waals surface area contributed by atoms with E-state index >= 15 is 0 Å². The second kappa shape index (κ2) is 8.37. The molecule has 2 rings (SSSR count). The molecule has 0 bridgehead atoms. The van der Waals surface area contributed by atoms with Gasteiger partial charge in [0.1, 0.15) is 18.9 Å². The fraction of sp³-hybridized carbons (Fsp3) is 0.222. The molecular formula is C18H16F3NO4. The molecule has 0 atom stereocenters. The maximum absolute atomic E-state index is 13.3. The van der Waals surface area contributed by atoms with Crippen molar-refractivity contribution in [2.45, 2.75) is 12.8 Å². The summed E-state index contributed by atoms with van der Waals surface area (Å²) in [5.41, 5.74) is -0.604. The largest absolute Gasteiger partial charge is 0.488 e. The van der Waals surface area contributed by atoms with Crippen LogP contribution in [0.1, 0.15) is 21.5 Å². The standard InChI is InChI=1S/C18H16F3NO4/c1-25-16(23)10-22-17(24)13-7-8-15(14(9-13)18(19,20)21)26-11-12-5-3-2-4-6-12/h2-9H,10-11H2,1H3,(H,22,24). The van der Waals surface area contributed by atoms with Crippen LogP contribution in [0.2, 0.25) is 0 Å². The summed E-state index contributed by atoms with van der Waals surface area (Å²) in [5, 5.41) is 2.18. The quantitative estimate of drug-likeness (QED) is 0.797. The smallest absolute Gasteiger partial charge is 0.419 e. The van der Waals surface area contributed by atoms with E-state index in [0.29, 0.717) is 11.6 Å². The molecule has 0 aliphatic carbocycles. The Kier molecular flexibility index (Phi) is 6.21. The number of hydrogen-bond acceptors (Lipinski definition) is 4. The molecule has 0 heterocycles. The van der Waals surface area contributed by atoms with E-state index in [2.05, 4.69) is 10.1 Å². The number of halogens is 3. The Hall–Kier alpha value is -3.03. The molecule has 8 heteroatoms. The van der Waals surface area contributed by atoms with E-state index in [4.69, 9.17) is 4.74 Å². The zero-order valence-corrected chi connectivity index (χ0v) is 13.8. The molecule has 0 spiro atoms. The first-order valence-corrected chi connectivity index (χ1v) is 7.54. The van der Waals surface area contributed by atoms with Crippen molar-refractivity contribution in [3.63, 3.8) is 0 Å². The van der Waals surface area contributed by atoms with Crippen LogP contribution in [0.25, 0.3) is 0 Å². The number of carbonyl (C=O) groups is 2. The first-order chi connectivity index (χ1) is 12.3. The summed E-state index contributed by atoms with van der Waals surface area (Å²) in [5.74, 6) is -1.92. The highest BCUT2D eigenvalue weighted by Gasteiger charge is 2.35. The summed E-state index contributed by atoms with van der Waals surface area (Å²) in [4.78, 5) is 22.9. The van der Waals surface area contributed by atoms with E-state index in [1.807, 2.05) is 0 Å². The van der Waals surface area contributed by atoms with Crippen LogP contribution in [-0.2, 0) is 22.3 Å². The van der Waals surface area contributed by atoms with Crippen molar-refractivity contribution in [2.24, 2.45) is 0 Å². The average molecular weight is 367 g/mol. The predicted octanol–water partition coefficient (Wildman–Crippen LogP) is 3.19. The molecule has 0 aliphatic heterocycles. The van der Waals surface area contributed by atoms with E-state index in [9.17, 15) is 22.8 Å². The number of esters is 1. The SMILES string of the molecule is COC(=O)CNC(=O)c1ccc(OCc2ccccc2)c(C(F)(F)F)c1. The number of carbonyl (C=O) groups excluding carboxylic acids is 2. The van der Waals surface area contributed by atoms with Crippen molar-refractivity contribution in [1.82, 2.24) is 5.32 Å². The summed E-state index contributed by atoms with van der Waals surface area (Å²) < 4.78 is 49.5. The van der Waals surface area contributed by atoms with Crippen LogP contribution < -0.4 is 10.1 Å². The van der Waals surface area contributed by atoms with E-state index in [0.717, 1.165) is 13.2 Å². The van der Waals surface area contributed by atoms with Crippen molar-refractivity contribution < 1.29 is 32.2 Å². The first kappa shape index (κ1) is 19.3. The monoisotopic (exact) mass is 367 g/mol. The Balaban J connectivity index is 2.19. The highest BCUT2D eigenvalue weighted by Crippen LogP contribution is 2.37. The summed E-state index contributed by atoms with van der Waals surface area (Å²) in [6.45, 7) is -0.485. The van der Waals surface area contributed by atoms with Crippen molar-refractivity contribution in [3.8, 4) is 5.75 Å². The van der Waals surface area contributed by atoms with Crippen molar-refractivity contribution in [1.29, 1.82) is 0 Å². The van der Waals surface area contributed by atoms with Gasteiger partial charge >= 0.3 is 12.1 Å². The molecule has 138 valence electrons. The van der Waals surface area contributed by atoms with Crippen molar-refractivity contribution >= 4 is 11.9 Å². The van der Waals surface area contributed by atoms with Gasteiger partial charge in [-0.05, 0) is 23.8 Å². The van der Waals surface area contributed by atoms with Crippen LogP contribution in [0.4, 0.5) is 13.2 Å². The Morgan fingerprint density at radius 1 is 1.08 bits per heavy atom. The molecule has 0 saturated carbocycles. The molecule has 2 aromatic carbocycles. The van der Waals surface area contributed by atoms with E-state index < -0.39 is 30.2 Å². The molecule has 2 aromatic rings. The molecule has 0 radical (unpaired) electrons. The molecule has 1 N–H and O–H groups in total. The highest BCUT2D eigenvalue weighted by molar-refractivity contribution is 5.96. The van der Waals surface area contributed by atoms with Gasteiger partial charge in [-0.1, -0.05) is 30.3 Å². The summed E-state index contributed by atoms with van der Waals surface area (Å²) in [7, 11) is 1.13. The Bertz CT molecular complexity index is 776. The average Bonchev–Trinajstić information content (AvgIpc) is 2.64. The number of methoxy groups -OCH3 is 1. The number of alkyl halides is 3. The minimum atomic E-state index is -4.70. The van der Waals surface area contributed by atoms with Gasteiger partial charge < -0.3 is 14.8 Å². The van der Waals surface area contributed by atoms with Crippen molar-refractivity contribution in [2.75, 3.05) is 13.7 Å². The molecule has 0 aliphatic rings. The third kappa shape index (κ3) is 5.23. The summed E-state index contributed by atoms with van der Waals surface area (Å²) in [6, 6.07) is 11.7. The van der Waals surface area contributed by atoms with Gasteiger partial charge in [-0.2, -0.15) is 13.2 Å². The van der Waals surface area contributed by atoms with Crippen LogP contribution in [0, 0.1) is 0 Å². The van der Waals surface area contributed by atoms with Gasteiger partial charge in [0.05, 0.1) is 12.7 Å². The fourth-order valence-electron chi connectivity index (χ4n) is 2.08. The number of hydrogen-bond donors (Lipinski definition) is 1.